The summed E-state index contributed by atoms with van der Waals surface area (Å²) in [5.74, 6) is 1.37. The van der Waals surface area contributed by atoms with Gasteiger partial charge in [0.1, 0.15) is 11.6 Å². The molecule has 2 aliphatic rings. The molecule has 0 aliphatic carbocycles. The molecule has 2 N–H and O–H groups in total. The van der Waals surface area contributed by atoms with Crippen LogP contribution in [0.25, 0.3) is 22.3 Å². The maximum atomic E-state index is 11.9. The topological polar surface area (TPSA) is 116 Å². The summed E-state index contributed by atoms with van der Waals surface area (Å²) in [4.78, 5) is 31.0. The molecule has 1 aromatic carbocycles. The van der Waals surface area contributed by atoms with Gasteiger partial charge in [-0.05, 0) is 37.3 Å². The van der Waals surface area contributed by atoms with E-state index in [1.165, 1.54) is 7.11 Å². The molecular weight excluding hydrogens is 436 g/mol. The Morgan fingerprint density at radius 2 is 1.85 bits per heavy atom. The molecule has 10 nitrogen and oxygen atoms in total. The normalized spacial score (nSPS) is 18.8. The van der Waals surface area contributed by atoms with Crippen molar-refractivity contribution in [3.8, 4) is 17.0 Å². The number of carbonyl (C=O) groups is 1. The lowest BCUT2D eigenvalue weighted by molar-refractivity contribution is 0.0986. The summed E-state index contributed by atoms with van der Waals surface area (Å²) in [6.07, 6.45) is 0. The molecule has 1 amide bonds. The van der Waals surface area contributed by atoms with E-state index in [0.717, 1.165) is 36.4 Å². The number of anilines is 2. The lowest BCUT2D eigenvalue weighted by Gasteiger charge is -2.35. The van der Waals surface area contributed by atoms with Gasteiger partial charge in [-0.2, -0.15) is 9.97 Å². The van der Waals surface area contributed by atoms with Crippen LogP contribution in [0, 0.1) is 0 Å². The van der Waals surface area contributed by atoms with Gasteiger partial charge in [0.05, 0.1) is 56.2 Å². The summed E-state index contributed by atoms with van der Waals surface area (Å²) in [6.45, 7) is 6.90. The fourth-order valence-corrected chi connectivity index (χ4v) is 4.37. The monoisotopic (exact) mass is 464 g/mol. The van der Waals surface area contributed by atoms with Crippen LogP contribution in [-0.4, -0.2) is 80.1 Å². The minimum atomic E-state index is -0.556. The molecule has 0 spiro atoms. The zero-order valence-corrected chi connectivity index (χ0v) is 19.4. The van der Waals surface area contributed by atoms with E-state index in [1.807, 2.05) is 18.2 Å². The number of hydrogen-bond donors (Lipinski definition) is 1. The smallest absolute Gasteiger partial charge is 0.252 e. The molecule has 2 aliphatic heterocycles. The number of nitrogens with zero attached hydrogens (tertiary/aromatic N) is 5. The maximum absolute atomic E-state index is 11.9. The van der Waals surface area contributed by atoms with Crippen molar-refractivity contribution in [2.75, 3.05) is 63.0 Å². The molecule has 1 atom stereocenters. The quantitative estimate of drug-likeness (QED) is 0.604. The lowest BCUT2D eigenvalue weighted by atomic mass is 10.1. The molecule has 0 saturated carbocycles. The number of fused-ring (bicyclic) bond motifs is 1. The van der Waals surface area contributed by atoms with Crippen LogP contribution in [0.1, 0.15) is 17.3 Å². The van der Waals surface area contributed by atoms with Gasteiger partial charge in [0.15, 0.2) is 5.65 Å². The number of rotatable bonds is 5. The van der Waals surface area contributed by atoms with Gasteiger partial charge in [0.25, 0.3) is 5.91 Å². The predicted molar refractivity (Wildman–Crippen MR) is 128 cm³/mol. The van der Waals surface area contributed by atoms with Crippen molar-refractivity contribution < 1.29 is 19.0 Å². The average molecular weight is 465 g/mol. The van der Waals surface area contributed by atoms with Crippen molar-refractivity contribution in [2.45, 2.75) is 13.0 Å². The van der Waals surface area contributed by atoms with Gasteiger partial charge in [-0.1, -0.05) is 0 Å². The Morgan fingerprint density at radius 3 is 2.59 bits per heavy atom. The third-order valence-electron chi connectivity index (χ3n) is 6.22. The number of aromatic nitrogens is 3. The number of primary amides is 1. The number of benzene rings is 1. The first-order valence-corrected chi connectivity index (χ1v) is 11.4. The Labute approximate surface area is 197 Å². The molecule has 2 fully saturated rings. The van der Waals surface area contributed by atoms with Crippen LogP contribution < -0.4 is 20.3 Å². The zero-order valence-electron chi connectivity index (χ0n) is 19.4. The molecule has 2 saturated heterocycles. The van der Waals surface area contributed by atoms with Gasteiger partial charge in [-0.25, -0.2) is 4.98 Å². The first kappa shape index (κ1) is 22.3. The van der Waals surface area contributed by atoms with Crippen molar-refractivity contribution >= 4 is 28.7 Å². The Bertz CT molecular complexity index is 1210. The molecule has 2 aromatic heterocycles. The van der Waals surface area contributed by atoms with Crippen LogP contribution >= 0.6 is 0 Å². The molecular formula is C24H28N6O4. The van der Waals surface area contributed by atoms with E-state index < -0.39 is 5.91 Å². The zero-order chi connectivity index (χ0) is 23.7. The number of carbonyl (C=O) groups excluding carboxylic acids is 1. The molecule has 34 heavy (non-hydrogen) atoms. The molecule has 3 aromatic rings. The van der Waals surface area contributed by atoms with E-state index >= 15 is 0 Å². The summed E-state index contributed by atoms with van der Waals surface area (Å²) in [5.41, 5.74) is 7.90. The SMILES string of the molecule is COc1ccc(-c2ccc3c(N4CCOC[C@@H]4C)nc(N4CCOCC4)nc3n2)cc1C(N)=O. The summed E-state index contributed by atoms with van der Waals surface area (Å²) in [6, 6.07) is 9.37. The van der Waals surface area contributed by atoms with Gasteiger partial charge in [0.2, 0.25) is 5.95 Å². The summed E-state index contributed by atoms with van der Waals surface area (Å²) >= 11 is 0. The number of morpholine rings is 2. The van der Waals surface area contributed by atoms with Gasteiger partial charge >= 0.3 is 0 Å². The van der Waals surface area contributed by atoms with E-state index in [4.69, 9.17) is 34.9 Å². The summed E-state index contributed by atoms with van der Waals surface area (Å²) in [5, 5.41) is 0.873. The molecule has 5 rings (SSSR count). The van der Waals surface area contributed by atoms with E-state index in [9.17, 15) is 4.79 Å². The fourth-order valence-electron chi connectivity index (χ4n) is 4.37. The van der Waals surface area contributed by atoms with Crippen molar-refractivity contribution in [1.82, 2.24) is 15.0 Å². The standard InChI is InChI=1S/C24H28N6O4/c1-15-14-34-12-9-30(15)23-17-4-5-19(16-3-6-20(32-2)18(13-16)21(25)31)26-22(17)27-24(28-23)29-7-10-33-11-8-29/h3-6,13,15H,7-12,14H2,1-2H3,(H2,25,31)/t15-/m0/s1. The van der Waals surface area contributed by atoms with Crippen molar-refractivity contribution in [3.05, 3.63) is 35.9 Å². The summed E-state index contributed by atoms with van der Waals surface area (Å²) in [7, 11) is 1.51. The highest BCUT2D eigenvalue weighted by Gasteiger charge is 2.25. The third-order valence-corrected chi connectivity index (χ3v) is 6.22. The fraction of sp³-hybridized carbons (Fsp3) is 0.417. The molecule has 4 heterocycles. The maximum Gasteiger partial charge on any atom is 0.252 e. The van der Waals surface area contributed by atoms with Gasteiger partial charge in [0, 0.05) is 25.2 Å². The van der Waals surface area contributed by atoms with E-state index in [-0.39, 0.29) is 6.04 Å². The molecule has 0 bridgehead atoms. The Morgan fingerprint density at radius 1 is 1.06 bits per heavy atom. The Kier molecular flexibility index (Phi) is 6.16. The number of pyridine rings is 1. The predicted octanol–water partition coefficient (Wildman–Crippen LogP) is 1.86. The molecule has 10 heteroatoms. The number of ether oxygens (including phenoxy) is 3. The van der Waals surface area contributed by atoms with Crippen LogP contribution in [-0.2, 0) is 9.47 Å². The van der Waals surface area contributed by atoms with Crippen molar-refractivity contribution in [3.63, 3.8) is 0 Å². The number of methoxy groups -OCH3 is 1. The van der Waals surface area contributed by atoms with Crippen molar-refractivity contribution in [1.29, 1.82) is 0 Å². The Hall–Kier alpha value is -3.50. The Balaban J connectivity index is 1.63. The van der Waals surface area contributed by atoms with Crippen molar-refractivity contribution in [2.24, 2.45) is 5.73 Å². The van der Waals surface area contributed by atoms with E-state index in [2.05, 4.69) is 16.7 Å². The molecule has 0 unspecified atom stereocenters. The lowest BCUT2D eigenvalue weighted by Crippen LogP contribution is -2.44. The highest BCUT2D eigenvalue weighted by Crippen LogP contribution is 2.32. The number of nitrogens with two attached hydrogens (primary N) is 1. The minimum Gasteiger partial charge on any atom is -0.496 e. The number of hydrogen-bond acceptors (Lipinski definition) is 9. The van der Waals surface area contributed by atoms with Crippen LogP contribution in [0.2, 0.25) is 0 Å². The second-order valence-corrected chi connectivity index (χ2v) is 8.41. The first-order chi connectivity index (χ1) is 16.5. The van der Waals surface area contributed by atoms with Crippen LogP contribution in [0.4, 0.5) is 11.8 Å². The van der Waals surface area contributed by atoms with E-state index in [1.54, 1.807) is 12.1 Å². The minimum absolute atomic E-state index is 0.184. The second-order valence-electron chi connectivity index (χ2n) is 8.41. The van der Waals surface area contributed by atoms with Gasteiger partial charge in [-0.3, -0.25) is 4.79 Å². The molecule has 0 radical (unpaired) electrons. The molecule has 178 valence electrons. The average Bonchev–Trinajstić information content (AvgIpc) is 2.88. The largest absolute Gasteiger partial charge is 0.496 e. The van der Waals surface area contributed by atoms with Crippen LogP contribution in [0.5, 0.6) is 5.75 Å². The third kappa shape index (κ3) is 4.22. The van der Waals surface area contributed by atoms with E-state index in [0.29, 0.717) is 55.0 Å². The van der Waals surface area contributed by atoms with Crippen LogP contribution in [0.15, 0.2) is 30.3 Å². The first-order valence-electron chi connectivity index (χ1n) is 11.4. The van der Waals surface area contributed by atoms with Gasteiger partial charge < -0.3 is 29.7 Å². The highest BCUT2D eigenvalue weighted by atomic mass is 16.5. The van der Waals surface area contributed by atoms with Crippen LogP contribution in [0.3, 0.4) is 0 Å². The summed E-state index contributed by atoms with van der Waals surface area (Å²) < 4.78 is 16.4. The second kappa shape index (κ2) is 9.40. The highest BCUT2D eigenvalue weighted by molar-refractivity contribution is 5.97. The van der Waals surface area contributed by atoms with Gasteiger partial charge in [-0.15, -0.1) is 0 Å². The number of amides is 1.